The minimum atomic E-state index is -3.53. The maximum absolute atomic E-state index is 12.1. The molecule has 0 unspecified atom stereocenters. The fourth-order valence-corrected chi connectivity index (χ4v) is 2.85. The molecule has 0 heterocycles. The van der Waals surface area contributed by atoms with E-state index in [0.717, 1.165) is 10.0 Å². The summed E-state index contributed by atoms with van der Waals surface area (Å²) >= 11 is 3.26. The van der Waals surface area contributed by atoms with E-state index in [1.165, 1.54) is 12.1 Å². The van der Waals surface area contributed by atoms with Crippen molar-refractivity contribution >= 4 is 26.0 Å². The van der Waals surface area contributed by atoms with Gasteiger partial charge in [-0.15, -0.1) is 0 Å². The maximum Gasteiger partial charge on any atom is 0.240 e. The second-order valence-corrected chi connectivity index (χ2v) is 6.77. The first-order chi connectivity index (χ1) is 9.51. The first kappa shape index (κ1) is 14.7. The molecule has 0 atom stereocenters. The predicted molar refractivity (Wildman–Crippen MR) is 79.3 cm³/mol. The smallest absolute Gasteiger partial charge is 0.207 e. The fraction of sp³-hybridized carbons (Fsp3) is 0.0714. The molecule has 0 spiro atoms. The van der Waals surface area contributed by atoms with Gasteiger partial charge in [-0.05, 0) is 42.0 Å². The van der Waals surface area contributed by atoms with Gasteiger partial charge in [0.2, 0.25) is 10.0 Å². The minimum absolute atomic E-state index is 0.185. The Morgan fingerprint density at radius 3 is 2.20 bits per heavy atom. The lowest BCUT2D eigenvalue weighted by Gasteiger charge is -2.07. The Hall–Kier alpha value is -1.68. The van der Waals surface area contributed by atoms with Crippen LogP contribution in [0.25, 0.3) is 0 Å². The number of halogens is 1. The lowest BCUT2D eigenvalue weighted by atomic mass is 10.1. The summed E-state index contributed by atoms with van der Waals surface area (Å²) in [4.78, 5) is 0.217. The molecule has 6 heteroatoms. The summed E-state index contributed by atoms with van der Waals surface area (Å²) in [6, 6.07) is 15.2. The van der Waals surface area contributed by atoms with Gasteiger partial charge >= 0.3 is 0 Å². The average Bonchev–Trinajstić information content (AvgIpc) is 2.46. The number of rotatable bonds is 4. The predicted octanol–water partition coefficient (Wildman–Crippen LogP) is 2.80. The second-order valence-electron chi connectivity index (χ2n) is 4.09. The highest BCUT2D eigenvalue weighted by Gasteiger charge is 2.13. The van der Waals surface area contributed by atoms with Crippen LogP contribution < -0.4 is 4.72 Å². The summed E-state index contributed by atoms with van der Waals surface area (Å²) in [5, 5.41) is 8.69. The number of nitrogens with zero attached hydrogens (tertiary/aromatic N) is 1. The molecule has 1 N–H and O–H groups in total. The third-order valence-electron chi connectivity index (χ3n) is 2.67. The van der Waals surface area contributed by atoms with Gasteiger partial charge in [-0.2, -0.15) is 5.26 Å². The molecule has 0 saturated carbocycles. The van der Waals surface area contributed by atoms with Gasteiger partial charge in [-0.1, -0.05) is 28.1 Å². The number of nitrogens with one attached hydrogen (secondary N) is 1. The first-order valence-electron chi connectivity index (χ1n) is 5.75. The monoisotopic (exact) mass is 350 g/mol. The SMILES string of the molecule is N#Cc1ccc(CNS(=O)(=O)c2ccc(Br)cc2)cc1. The molecule has 0 aliphatic rings. The van der Waals surface area contributed by atoms with Gasteiger partial charge in [0.05, 0.1) is 16.5 Å². The van der Waals surface area contributed by atoms with Crippen molar-refractivity contribution < 1.29 is 8.42 Å². The molecule has 0 aromatic heterocycles. The number of hydrogen-bond donors (Lipinski definition) is 1. The second kappa shape index (κ2) is 6.18. The van der Waals surface area contributed by atoms with E-state index < -0.39 is 10.0 Å². The molecule has 2 rings (SSSR count). The third-order valence-corrected chi connectivity index (χ3v) is 4.62. The van der Waals surface area contributed by atoms with Crippen LogP contribution in [0.1, 0.15) is 11.1 Å². The summed E-state index contributed by atoms with van der Waals surface area (Å²) in [5.41, 5.74) is 1.34. The van der Waals surface area contributed by atoms with Crippen molar-refractivity contribution in [3.05, 3.63) is 64.1 Å². The topological polar surface area (TPSA) is 70.0 Å². The summed E-state index contributed by atoms with van der Waals surface area (Å²) < 4.78 is 27.5. The number of sulfonamides is 1. The van der Waals surface area contributed by atoms with E-state index in [-0.39, 0.29) is 11.4 Å². The molecule has 2 aromatic carbocycles. The Morgan fingerprint density at radius 2 is 1.65 bits per heavy atom. The van der Waals surface area contributed by atoms with E-state index in [2.05, 4.69) is 20.7 Å². The summed E-state index contributed by atoms with van der Waals surface area (Å²) in [6.07, 6.45) is 0. The Labute approximate surface area is 126 Å². The van der Waals surface area contributed by atoms with Crippen LogP contribution in [0.3, 0.4) is 0 Å². The van der Waals surface area contributed by atoms with Gasteiger partial charge in [0.25, 0.3) is 0 Å². The highest BCUT2D eigenvalue weighted by Crippen LogP contribution is 2.15. The van der Waals surface area contributed by atoms with Crippen LogP contribution >= 0.6 is 15.9 Å². The number of nitriles is 1. The number of benzene rings is 2. The quantitative estimate of drug-likeness (QED) is 0.921. The molecule has 102 valence electrons. The molecule has 0 aliphatic carbocycles. The summed E-state index contributed by atoms with van der Waals surface area (Å²) in [7, 11) is -3.53. The van der Waals surface area contributed by atoms with Crippen molar-refractivity contribution in [1.82, 2.24) is 4.72 Å². The van der Waals surface area contributed by atoms with Crippen LogP contribution in [0.2, 0.25) is 0 Å². The highest BCUT2D eigenvalue weighted by molar-refractivity contribution is 9.10. The molecular weight excluding hydrogens is 340 g/mol. The summed E-state index contributed by atoms with van der Waals surface area (Å²) in [6.45, 7) is 0.185. The zero-order chi connectivity index (χ0) is 14.6. The first-order valence-corrected chi connectivity index (χ1v) is 8.03. The van der Waals surface area contributed by atoms with E-state index in [9.17, 15) is 8.42 Å². The van der Waals surface area contributed by atoms with Gasteiger partial charge in [0, 0.05) is 11.0 Å². The highest BCUT2D eigenvalue weighted by atomic mass is 79.9. The largest absolute Gasteiger partial charge is 0.240 e. The van der Waals surface area contributed by atoms with E-state index in [0.29, 0.717) is 5.56 Å². The normalized spacial score (nSPS) is 11.0. The van der Waals surface area contributed by atoms with Crippen molar-refractivity contribution in [1.29, 1.82) is 5.26 Å². The van der Waals surface area contributed by atoms with Crippen molar-refractivity contribution in [2.45, 2.75) is 11.4 Å². The number of hydrogen-bond acceptors (Lipinski definition) is 3. The van der Waals surface area contributed by atoms with Crippen molar-refractivity contribution in [3.63, 3.8) is 0 Å². The Bertz CT molecular complexity index is 732. The van der Waals surface area contributed by atoms with E-state index in [1.54, 1.807) is 36.4 Å². The van der Waals surface area contributed by atoms with Crippen molar-refractivity contribution in [2.24, 2.45) is 0 Å². The van der Waals surface area contributed by atoms with Gasteiger partial charge in [0.15, 0.2) is 0 Å². The summed E-state index contributed by atoms with van der Waals surface area (Å²) in [5.74, 6) is 0. The molecule has 0 aliphatic heterocycles. The van der Waals surface area contributed by atoms with Crippen LogP contribution in [-0.4, -0.2) is 8.42 Å². The van der Waals surface area contributed by atoms with Crippen LogP contribution in [0.5, 0.6) is 0 Å². The Morgan fingerprint density at radius 1 is 1.05 bits per heavy atom. The molecular formula is C14H11BrN2O2S. The Kier molecular flexibility index (Phi) is 4.55. The zero-order valence-corrected chi connectivity index (χ0v) is 12.8. The molecule has 20 heavy (non-hydrogen) atoms. The molecule has 4 nitrogen and oxygen atoms in total. The molecule has 0 radical (unpaired) electrons. The Balaban J connectivity index is 2.09. The lowest BCUT2D eigenvalue weighted by molar-refractivity contribution is 0.581. The molecule has 2 aromatic rings. The van der Waals surface area contributed by atoms with Gasteiger partial charge in [-0.3, -0.25) is 0 Å². The molecule has 0 bridgehead atoms. The molecule has 0 fully saturated rings. The van der Waals surface area contributed by atoms with E-state index in [1.807, 2.05) is 6.07 Å². The van der Waals surface area contributed by atoms with Gasteiger partial charge < -0.3 is 0 Å². The minimum Gasteiger partial charge on any atom is -0.207 e. The standard InChI is InChI=1S/C14H11BrN2O2S/c15-13-5-7-14(8-6-13)20(18,19)17-10-12-3-1-11(9-16)2-4-12/h1-8,17H,10H2. The van der Waals surface area contributed by atoms with Crippen LogP contribution in [0.4, 0.5) is 0 Å². The van der Waals surface area contributed by atoms with Crippen molar-refractivity contribution in [3.8, 4) is 6.07 Å². The maximum atomic E-state index is 12.1. The molecule has 0 amide bonds. The van der Waals surface area contributed by atoms with E-state index in [4.69, 9.17) is 5.26 Å². The van der Waals surface area contributed by atoms with Crippen LogP contribution in [-0.2, 0) is 16.6 Å². The van der Waals surface area contributed by atoms with Gasteiger partial charge in [-0.25, -0.2) is 13.1 Å². The zero-order valence-electron chi connectivity index (χ0n) is 10.4. The third kappa shape index (κ3) is 3.67. The van der Waals surface area contributed by atoms with Crippen LogP contribution in [0, 0.1) is 11.3 Å². The lowest BCUT2D eigenvalue weighted by Crippen LogP contribution is -2.23. The van der Waals surface area contributed by atoms with E-state index >= 15 is 0 Å². The molecule has 0 saturated heterocycles. The fourth-order valence-electron chi connectivity index (χ4n) is 1.57. The van der Waals surface area contributed by atoms with Gasteiger partial charge in [0.1, 0.15) is 0 Å². The average molecular weight is 351 g/mol. The van der Waals surface area contributed by atoms with Crippen molar-refractivity contribution in [2.75, 3.05) is 0 Å². The van der Waals surface area contributed by atoms with Crippen LogP contribution in [0.15, 0.2) is 57.9 Å².